The topological polar surface area (TPSA) is 85.8 Å². The van der Waals surface area contributed by atoms with E-state index in [1.54, 1.807) is 12.4 Å². The van der Waals surface area contributed by atoms with E-state index in [1.807, 2.05) is 24.3 Å². The molecule has 0 aliphatic heterocycles. The molecule has 7 nitrogen and oxygen atoms in total. The largest absolute Gasteiger partial charge is 0.345 e. The summed E-state index contributed by atoms with van der Waals surface area (Å²) in [6.07, 6.45) is 5.09. The summed E-state index contributed by atoms with van der Waals surface area (Å²) in [4.78, 5) is 20.7. The standard InChI is InChI=1S/C22H23N5O2/c1-3-12-27-15(2)13-17-14-18(4-5-19(17)27)24-20(28)6-7-21-25-22(26-29-21)16-8-10-23-11-9-16/h4-5,8-11,13-14H,3,6-7,12H2,1-2H3,(H,24,28). The number of benzene rings is 1. The minimum Gasteiger partial charge on any atom is -0.345 e. The van der Waals surface area contributed by atoms with Gasteiger partial charge in [-0.05, 0) is 49.7 Å². The second kappa shape index (κ2) is 8.26. The molecule has 3 heterocycles. The van der Waals surface area contributed by atoms with Crippen LogP contribution in [0.25, 0.3) is 22.3 Å². The molecule has 4 rings (SSSR count). The third-order valence-corrected chi connectivity index (χ3v) is 4.81. The number of fused-ring (bicyclic) bond motifs is 1. The van der Waals surface area contributed by atoms with Crippen LogP contribution in [0, 0.1) is 6.92 Å². The molecule has 148 valence electrons. The van der Waals surface area contributed by atoms with Crippen molar-refractivity contribution >= 4 is 22.5 Å². The molecule has 4 aromatic rings. The van der Waals surface area contributed by atoms with Gasteiger partial charge in [-0.15, -0.1) is 0 Å². The molecule has 7 heteroatoms. The van der Waals surface area contributed by atoms with Crippen LogP contribution in [-0.4, -0.2) is 25.6 Å². The second-order valence-electron chi connectivity index (χ2n) is 7.01. The molecular formula is C22H23N5O2. The Morgan fingerprint density at radius 2 is 2.00 bits per heavy atom. The van der Waals surface area contributed by atoms with Crippen molar-refractivity contribution in [3.63, 3.8) is 0 Å². The smallest absolute Gasteiger partial charge is 0.227 e. The molecule has 29 heavy (non-hydrogen) atoms. The lowest BCUT2D eigenvalue weighted by molar-refractivity contribution is -0.116. The van der Waals surface area contributed by atoms with Crippen LogP contribution < -0.4 is 5.32 Å². The number of rotatable bonds is 7. The van der Waals surface area contributed by atoms with E-state index >= 15 is 0 Å². The highest BCUT2D eigenvalue weighted by Gasteiger charge is 2.12. The maximum absolute atomic E-state index is 12.4. The summed E-state index contributed by atoms with van der Waals surface area (Å²) in [7, 11) is 0. The summed E-state index contributed by atoms with van der Waals surface area (Å²) in [5, 5.41) is 8.05. The minimum atomic E-state index is -0.0854. The number of aromatic nitrogens is 4. The van der Waals surface area contributed by atoms with Gasteiger partial charge < -0.3 is 14.4 Å². The summed E-state index contributed by atoms with van der Waals surface area (Å²) >= 11 is 0. The van der Waals surface area contributed by atoms with E-state index in [2.05, 4.69) is 51.0 Å². The number of anilines is 1. The lowest BCUT2D eigenvalue weighted by Crippen LogP contribution is -2.12. The molecule has 0 aliphatic rings. The number of carbonyl (C=O) groups excluding carboxylic acids is 1. The van der Waals surface area contributed by atoms with Crippen molar-refractivity contribution in [2.45, 2.75) is 39.7 Å². The van der Waals surface area contributed by atoms with Crippen LogP contribution in [0.1, 0.15) is 31.4 Å². The normalized spacial score (nSPS) is 11.1. The first-order chi connectivity index (χ1) is 14.1. The zero-order chi connectivity index (χ0) is 20.2. The van der Waals surface area contributed by atoms with Gasteiger partial charge in [0.15, 0.2) is 0 Å². The number of amides is 1. The maximum Gasteiger partial charge on any atom is 0.227 e. The summed E-state index contributed by atoms with van der Waals surface area (Å²) in [5.74, 6) is 0.854. The maximum atomic E-state index is 12.4. The second-order valence-corrected chi connectivity index (χ2v) is 7.01. The molecular weight excluding hydrogens is 366 g/mol. The fourth-order valence-corrected chi connectivity index (χ4v) is 3.43. The van der Waals surface area contributed by atoms with Crippen molar-refractivity contribution in [3.8, 4) is 11.4 Å². The number of pyridine rings is 1. The number of nitrogens with zero attached hydrogens (tertiary/aromatic N) is 4. The number of hydrogen-bond donors (Lipinski definition) is 1. The number of hydrogen-bond acceptors (Lipinski definition) is 5. The first-order valence-corrected chi connectivity index (χ1v) is 9.77. The molecule has 0 saturated heterocycles. The van der Waals surface area contributed by atoms with E-state index in [4.69, 9.17) is 4.52 Å². The van der Waals surface area contributed by atoms with Gasteiger partial charge in [-0.1, -0.05) is 12.1 Å². The van der Waals surface area contributed by atoms with E-state index < -0.39 is 0 Å². The zero-order valence-corrected chi connectivity index (χ0v) is 16.6. The van der Waals surface area contributed by atoms with Gasteiger partial charge in [-0.2, -0.15) is 4.98 Å². The molecule has 1 amide bonds. The van der Waals surface area contributed by atoms with E-state index in [0.29, 0.717) is 18.1 Å². The Bertz CT molecular complexity index is 1130. The molecule has 0 radical (unpaired) electrons. The lowest BCUT2D eigenvalue weighted by atomic mass is 10.2. The predicted octanol–water partition coefficient (Wildman–Crippen LogP) is 4.38. The third kappa shape index (κ3) is 4.18. The highest BCUT2D eigenvalue weighted by atomic mass is 16.5. The van der Waals surface area contributed by atoms with Crippen LogP contribution >= 0.6 is 0 Å². The van der Waals surface area contributed by atoms with Gasteiger partial charge in [-0.3, -0.25) is 9.78 Å². The Balaban J connectivity index is 1.38. The van der Waals surface area contributed by atoms with Crippen molar-refractivity contribution < 1.29 is 9.32 Å². The van der Waals surface area contributed by atoms with E-state index in [-0.39, 0.29) is 12.3 Å². The SMILES string of the molecule is CCCn1c(C)cc2cc(NC(=O)CCc3nc(-c4ccncc4)no3)ccc21. The molecule has 0 bridgehead atoms. The van der Waals surface area contributed by atoms with Gasteiger partial charge in [0.1, 0.15) is 0 Å². The summed E-state index contributed by atoms with van der Waals surface area (Å²) < 4.78 is 7.55. The molecule has 1 N–H and O–H groups in total. The van der Waals surface area contributed by atoms with Gasteiger partial charge in [0.25, 0.3) is 0 Å². The van der Waals surface area contributed by atoms with E-state index in [1.165, 1.54) is 11.2 Å². The van der Waals surface area contributed by atoms with Crippen LogP contribution in [0.5, 0.6) is 0 Å². The first kappa shape index (κ1) is 18.9. The Kier molecular flexibility index (Phi) is 5.37. The van der Waals surface area contributed by atoms with Gasteiger partial charge in [0, 0.05) is 59.6 Å². The van der Waals surface area contributed by atoms with Crippen molar-refractivity contribution in [2.75, 3.05) is 5.32 Å². The number of carbonyl (C=O) groups is 1. The van der Waals surface area contributed by atoms with Gasteiger partial charge in [-0.25, -0.2) is 0 Å². The summed E-state index contributed by atoms with van der Waals surface area (Å²) in [6, 6.07) is 11.8. The summed E-state index contributed by atoms with van der Waals surface area (Å²) in [5.41, 5.74) is 4.04. The molecule has 1 aromatic carbocycles. The lowest BCUT2D eigenvalue weighted by Gasteiger charge is -2.07. The van der Waals surface area contributed by atoms with E-state index in [0.717, 1.165) is 29.6 Å². The van der Waals surface area contributed by atoms with Crippen LogP contribution in [0.4, 0.5) is 5.69 Å². The highest BCUT2D eigenvalue weighted by Crippen LogP contribution is 2.24. The van der Waals surface area contributed by atoms with Gasteiger partial charge in [0.2, 0.25) is 17.6 Å². The number of aryl methyl sites for hydroxylation is 3. The average Bonchev–Trinajstić information content (AvgIpc) is 3.32. The Morgan fingerprint density at radius 1 is 1.17 bits per heavy atom. The fraction of sp³-hybridized carbons (Fsp3) is 0.273. The van der Waals surface area contributed by atoms with Crippen molar-refractivity contribution in [3.05, 3.63) is 60.4 Å². The molecule has 3 aromatic heterocycles. The van der Waals surface area contributed by atoms with Crippen LogP contribution in [-0.2, 0) is 17.8 Å². The first-order valence-electron chi connectivity index (χ1n) is 9.77. The fourth-order valence-electron chi connectivity index (χ4n) is 3.43. The van der Waals surface area contributed by atoms with Crippen LogP contribution in [0.3, 0.4) is 0 Å². The average molecular weight is 389 g/mol. The highest BCUT2D eigenvalue weighted by molar-refractivity contribution is 5.94. The minimum absolute atomic E-state index is 0.0854. The van der Waals surface area contributed by atoms with Crippen LogP contribution in [0.15, 0.2) is 53.3 Å². The van der Waals surface area contributed by atoms with Crippen molar-refractivity contribution in [1.82, 2.24) is 19.7 Å². The van der Waals surface area contributed by atoms with Gasteiger partial charge in [0.05, 0.1) is 0 Å². The van der Waals surface area contributed by atoms with Crippen molar-refractivity contribution in [2.24, 2.45) is 0 Å². The van der Waals surface area contributed by atoms with E-state index in [9.17, 15) is 4.79 Å². The molecule has 0 atom stereocenters. The monoisotopic (exact) mass is 389 g/mol. The molecule has 0 fully saturated rings. The zero-order valence-electron chi connectivity index (χ0n) is 16.6. The molecule has 0 spiro atoms. The third-order valence-electron chi connectivity index (χ3n) is 4.81. The van der Waals surface area contributed by atoms with Crippen LogP contribution in [0.2, 0.25) is 0 Å². The van der Waals surface area contributed by atoms with Gasteiger partial charge >= 0.3 is 0 Å². The Morgan fingerprint density at radius 3 is 2.79 bits per heavy atom. The molecule has 0 unspecified atom stereocenters. The van der Waals surface area contributed by atoms with Crippen molar-refractivity contribution in [1.29, 1.82) is 0 Å². The number of nitrogens with one attached hydrogen (secondary N) is 1. The molecule has 0 aliphatic carbocycles. The summed E-state index contributed by atoms with van der Waals surface area (Å²) in [6.45, 7) is 5.27. The predicted molar refractivity (Wildman–Crippen MR) is 111 cm³/mol. The quantitative estimate of drug-likeness (QED) is 0.507. The molecule has 0 saturated carbocycles. The Labute approximate surface area is 168 Å². The Hall–Kier alpha value is -3.48.